The lowest BCUT2D eigenvalue weighted by Gasteiger charge is -2.19. The van der Waals surface area contributed by atoms with E-state index in [1.54, 1.807) is 16.2 Å². The van der Waals surface area contributed by atoms with Gasteiger partial charge in [0.25, 0.3) is 0 Å². The quantitative estimate of drug-likeness (QED) is 0.918. The van der Waals surface area contributed by atoms with Crippen LogP contribution in [-0.4, -0.2) is 19.5 Å². The highest BCUT2D eigenvalue weighted by Crippen LogP contribution is 2.32. The van der Waals surface area contributed by atoms with Gasteiger partial charge in [0.1, 0.15) is 0 Å². The summed E-state index contributed by atoms with van der Waals surface area (Å²) in [6, 6.07) is 8.77. The lowest BCUT2D eigenvalue weighted by molar-refractivity contribution is -0.117. The van der Waals surface area contributed by atoms with Gasteiger partial charge in [0.2, 0.25) is 5.91 Å². The first-order valence-corrected chi connectivity index (χ1v) is 8.30. The number of benzene rings is 1. The molecule has 0 bridgehead atoms. The third kappa shape index (κ3) is 2.74. The first kappa shape index (κ1) is 14.3. The normalized spacial score (nSPS) is 15.3. The van der Waals surface area contributed by atoms with Crippen molar-refractivity contribution < 1.29 is 4.79 Å². The van der Waals surface area contributed by atoms with Crippen LogP contribution in [0.1, 0.15) is 36.1 Å². The number of amides is 1. The van der Waals surface area contributed by atoms with Crippen molar-refractivity contribution >= 4 is 22.9 Å². The van der Waals surface area contributed by atoms with Crippen LogP contribution >= 0.6 is 11.3 Å². The number of fused-ring (bicyclic) bond motifs is 1. The molecule has 1 aliphatic heterocycles. The van der Waals surface area contributed by atoms with Crippen molar-refractivity contribution in [3.8, 4) is 0 Å². The predicted octanol–water partition coefficient (Wildman–Crippen LogP) is 3.36. The Morgan fingerprint density at radius 2 is 2.19 bits per heavy atom. The zero-order valence-corrected chi connectivity index (χ0v) is 13.2. The van der Waals surface area contributed by atoms with E-state index in [0.29, 0.717) is 6.42 Å². The van der Waals surface area contributed by atoms with E-state index in [1.165, 1.54) is 11.1 Å². The summed E-state index contributed by atoms with van der Waals surface area (Å²) in [5.74, 6) is 0.177. The van der Waals surface area contributed by atoms with Gasteiger partial charge in [-0.05, 0) is 52.5 Å². The molecule has 1 atom stereocenters. The Bertz CT molecular complexity index is 636. The van der Waals surface area contributed by atoms with Crippen LogP contribution in [0.4, 0.5) is 5.69 Å². The van der Waals surface area contributed by atoms with Crippen molar-refractivity contribution in [2.75, 3.05) is 18.5 Å². The molecule has 1 aromatic carbocycles. The fourth-order valence-corrected chi connectivity index (χ4v) is 3.51. The van der Waals surface area contributed by atoms with Crippen LogP contribution in [0, 0.1) is 0 Å². The molecule has 0 spiro atoms. The Labute approximate surface area is 129 Å². The van der Waals surface area contributed by atoms with Gasteiger partial charge in [-0.25, -0.2) is 0 Å². The van der Waals surface area contributed by atoms with Crippen LogP contribution < -0.4 is 10.2 Å². The van der Waals surface area contributed by atoms with Gasteiger partial charge in [-0.2, -0.15) is 11.3 Å². The van der Waals surface area contributed by atoms with Crippen molar-refractivity contribution in [2.24, 2.45) is 0 Å². The van der Waals surface area contributed by atoms with Crippen molar-refractivity contribution in [3.05, 3.63) is 51.7 Å². The monoisotopic (exact) mass is 300 g/mol. The molecule has 21 heavy (non-hydrogen) atoms. The number of nitrogens with zero attached hydrogens (tertiary/aromatic N) is 1. The average molecular weight is 300 g/mol. The Morgan fingerprint density at radius 3 is 2.90 bits per heavy atom. The summed E-state index contributed by atoms with van der Waals surface area (Å²) >= 11 is 1.72. The highest BCUT2D eigenvalue weighted by atomic mass is 32.1. The predicted molar refractivity (Wildman–Crippen MR) is 88.0 cm³/mol. The lowest BCUT2D eigenvalue weighted by atomic mass is 9.98. The first-order valence-electron chi connectivity index (χ1n) is 7.35. The standard InChI is InChI=1S/C17H20N2OS/c1-3-7-18-17(13-6-8-21-11-13)12-4-5-15-14(9-12)10-16(20)19(15)2/h4-6,8-9,11,17-18H,3,7,10H2,1-2H3. The maximum atomic E-state index is 11.8. The zero-order valence-electron chi connectivity index (χ0n) is 12.4. The second-order valence-electron chi connectivity index (χ2n) is 5.46. The van der Waals surface area contributed by atoms with Crippen molar-refractivity contribution in [1.82, 2.24) is 5.32 Å². The number of likely N-dealkylation sites (N-methyl/N-ethyl adjacent to an activating group) is 1. The third-order valence-electron chi connectivity index (χ3n) is 3.99. The molecule has 1 N–H and O–H groups in total. The van der Waals surface area contributed by atoms with Crippen LogP contribution in [0.25, 0.3) is 0 Å². The van der Waals surface area contributed by atoms with Gasteiger partial charge in [-0.3, -0.25) is 4.79 Å². The second kappa shape index (κ2) is 6.00. The zero-order chi connectivity index (χ0) is 14.8. The van der Waals surface area contributed by atoms with Crippen LogP contribution in [0.3, 0.4) is 0 Å². The number of anilines is 1. The summed E-state index contributed by atoms with van der Waals surface area (Å²) < 4.78 is 0. The molecule has 3 nitrogen and oxygen atoms in total. The molecule has 2 aromatic rings. The smallest absolute Gasteiger partial charge is 0.231 e. The number of nitrogens with one attached hydrogen (secondary N) is 1. The molecule has 0 saturated carbocycles. The van der Waals surface area contributed by atoms with Gasteiger partial charge in [-0.1, -0.05) is 19.1 Å². The number of thiophene rings is 1. The van der Waals surface area contributed by atoms with Crippen molar-refractivity contribution in [1.29, 1.82) is 0 Å². The number of rotatable bonds is 5. The van der Waals surface area contributed by atoms with Crippen LogP contribution in [0.2, 0.25) is 0 Å². The van der Waals surface area contributed by atoms with E-state index in [9.17, 15) is 4.79 Å². The molecule has 1 amide bonds. The van der Waals surface area contributed by atoms with E-state index in [-0.39, 0.29) is 11.9 Å². The molecule has 0 saturated heterocycles. The molecule has 1 unspecified atom stereocenters. The Kier molecular flexibility index (Phi) is 4.08. The van der Waals surface area contributed by atoms with Gasteiger partial charge < -0.3 is 10.2 Å². The largest absolute Gasteiger partial charge is 0.315 e. The fourth-order valence-electron chi connectivity index (χ4n) is 2.83. The molecule has 0 aliphatic carbocycles. The van der Waals surface area contributed by atoms with Crippen molar-refractivity contribution in [3.63, 3.8) is 0 Å². The first-order chi connectivity index (χ1) is 10.2. The summed E-state index contributed by atoms with van der Waals surface area (Å²) in [7, 11) is 1.85. The maximum absolute atomic E-state index is 11.8. The highest BCUT2D eigenvalue weighted by Gasteiger charge is 2.25. The van der Waals surface area contributed by atoms with E-state index in [2.05, 4.69) is 47.3 Å². The van der Waals surface area contributed by atoms with E-state index >= 15 is 0 Å². The van der Waals surface area contributed by atoms with Crippen LogP contribution in [-0.2, 0) is 11.2 Å². The minimum absolute atomic E-state index is 0.177. The molecular formula is C17H20N2OS. The lowest BCUT2D eigenvalue weighted by Crippen LogP contribution is -2.23. The maximum Gasteiger partial charge on any atom is 0.231 e. The third-order valence-corrected chi connectivity index (χ3v) is 4.69. The van der Waals surface area contributed by atoms with Crippen LogP contribution in [0.15, 0.2) is 35.0 Å². The summed E-state index contributed by atoms with van der Waals surface area (Å²) in [5, 5.41) is 7.91. The Balaban J connectivity index is 1.94. The van der Waals surface area contributed by atoms with E-state index < -0.39 is 0 Å². The number of carbonyl (C=O) groups excluding carboxylic acids is 1. The minimum atomic E-state index is 0.177. The van der Waals surface area contributed by atoms with Gasteiger partial charge in [-0.15, -0.1) is 0 Å². The molecule has 1 aliphatic rings. The Hall–Kier alpha value is -1.65. The number of hydrogen-bond donors (Lipinski definition) is 1. The van der Waals surface area contributed by atoms with Gasteiger partial charge in [0, 0.05) is 12.7 Å². The minimum Gasteiger partial charge on any atom is -0.315 e. The molecule has 3 rings (SSSR count). The fraction of sp³-hybridized carbons (Fsp3) is 0.353. The topological polar surface area (TPSA) is 32.3 Å². The summed E-state index contributed by atoms with van der Waals surface area (Å²) in [4.78, 5) is 13.6. The van der Waals surface area contributed by atoms with E-state index in [1.807, 2.05) is 7.05 Å². The molecule has 0 fully saturated rings. The summed E-state index contributed by atoms with van der Waals surface area (Å²) in [5.41, 5.74) is 4.72. The number of hydrogen-bond acceptors (Lipinski definition) is 3. The van der Waals surface area contributed by atoms with E-state index in [0.717, 1.165) is 24.2 Å². The van der Waals surface area contributed by atoms with Crippen molar-refractivity contribution in [2.45, 2.75) is 25.8 Å². The Morgan fingerprint density at radius 1 is 1.33 bits per heavy atom. The van der Waals surface area contributed by atoms with Gasteiger partial charge >= 0.3 is 0 Å². The molecule has 110 valence electrons. The highest BCUT2D eigenvalue weighted by molar-refractivity contribution is 7.08. The molecule has 4 heteroatoms. The van der Waals surface area contributed by atoms with Gasteiger partial charge in [0.05, 0.1) is 12.5 Å². The molecule has 1 aromatic heterocycles. The molecule has 0 radical (unpaired) electrons. The summed E-state index contributed by atoms with van der Waals surface area (Å²) in [6.07, 6.45) is 1.62. The number of carbonyl (C=O) groups is 1. The molecule has 2 heterocycles. The van der Waals surface area contributed by atoms with Crippen LogP contribution in [0.5, 0.6) is 0 Å². The van der Waals surface area contributed by atoms with Gasteiger partial charge in [0.15, 0.2) is 0 Å². The molecular weight excluding hydrogens is 280 g/mol. The SMILES string of the molecule is CCCNC(c1ccsc1)c1ccc2c(c1)CC(=O)N2C. The average Bonchev–Trinajstić information content (AvgIpc) is 3.09. The van der Waals surface area contributed by atoms with E-state index in [4.69, 9.17) is 0 Å². The second-order valence-corrected chi connectivity index (χ2v) is 6.24. The summed E-state index contributed by atoms with van der Waals surface area (Å²) in [6.45, 7) is 3.16.